The zero-order chi connectivity index (χ0) is 27.3. The fourth-order valence-electron chi connectivity index (χ4n) is 4.55. The summed E-state index contributed by atoms with van der Waals surface area (Å²) < 4.78 is 22.2. The van der Waals surface area contributed by atoms with Crippen molar-refractivity contribution in [3.63, 3.8) is 0 Å². The van der Waals surface area contributed by atoms with E-state index >= 15 is 0 Å². The summed E-state index contributed by atoms with van der Waals surface area (Å²) in [4.78, 5) is 28.2. The largest absolute Gasteiger partial charge is 0.507 e. The molecule has 0 aliphatic carbocycles. The summed E-state index contributed by atoms with van der Waals surface area (Å²) in [5.74, 6) is 0.0953. The monoisotopic (exact) mass is 511 g/mol. The van der Waals surface area contributed by atoms with Crippen molar-refractivity contribution in [1.29, 1.82) is 0 Å². The first-order chi connectivity index (χ1) is 17.6. The highest BCUT2D eigenvalue weighted by Gasteiger charge is 2.46. The molecule has 1 fully saturated rings. The van der Waals surface area contributed by atoms with Crippen LogP contribution in [0.5, 0.6) is 17.2 Å². The van der Waals surface area contributed by atoms with Crippen LogP contribution >= 0.6 is 0 Å². The fraction of sp³-hybridized carbons (Fsp3) is 0.448. The molecule has 8 nitrogen and oxygen atoms in total. The number of ether oxygens (including phenoxy) is 4. The summed E-state index contributed by atoms with van der Waals surface area (Å²) in [6.07, 6.45) is 0.597. The first-order valence-electron chi connectivity index (χ1n) is 12.5. The lowest BCUT2D eigenvalue weighted by Gasteiger charge is -2.26. The molecule has 0 aromatic heterocycles. The standard InChI is InChI=1S/C29H37NO7/c1-8-36-24-16-20(10-11-22(24)34-6)26-25(27(31)21-14-19(5)23(35-7)15-18(21)4)28(32)29(33)30(26)12-9-13-37-17(2)3/h10-11,14-17,26,31H,8-9,12-13H2,1-7H3/b27-25+. The summed E-state index contributed by atoms with van der Waals surface area (Å²) in [6, 6.07) is 8.06. The zero-order valence-electron chi connectivity index (χ0n) is 22.7. The van der Waals surface area contributed by atoms with Gasteiger partial charge in [0, 0.05) is 18.7 Å². The number of carbonyl (C=O) groups excluding carboxylic acids is 2. The van der Waals surface area contributed by atoms with Crippen molar-refractivity contribution < 1.29 is 33.6 Å². The minimum absolute atomic E-state index is 0.0371. The van der Waals surface area contributed by atoms with E-state index in [1.165, 1.54) is 4.90 Å². The van der Waals surface area contributed by atoms with Gasteiger partial charge in [-0.05, 0) is 82.0 Å². The molecule has 1 aliphatic heterocycles. The molecule has 3 rings (SSSR count). The zero-order valence-corrected chi connectivity index (χ0v) is 22.7. The normalized spacial score (nSPS) is 17.0. The van der Waals surface area contributed by atoms with Crippen molar-refractivity contribution in [2.75, 3.05) is 34.0 Å². The Kier molecular flexibility index (Phi) is 9.21. The molecule has 1 unspecified atom stereocenters. The van der Waals surface area contributed by atoms with Crippen molar-refractivity contribution in [2.24, 2.45) is 0 Å². The third-order valence-electron chi connectivity index (χ3n) is 6.33. The van der Waals surface area contributed by atoms with Gasteiger partial charge in [0.15, 0.2) is 11.5 Å². The molecular weight excluding hydrogens is 474 g/mol. The second-order valence-electron chi connectivity index (χ2n) is 9.25. The molecular formula is C29H37NO7. The Labute approximate surface area is 218 Å². The van der Waals surface area contributed by atoms with Crippen LogP contribution in [0.15, 0.2) is 35.9 Å². The Morgan fingerprint density at radius 2 is 1.70 bits per heavy atom. The van der Waals surface area contributed by atoms with Crippen LogP contribution in [0.3, 0.4) is 0 Å². The number of nitrogens with zero attached hydrogens (tertiary/aromatic N) is 1. The number of methoxy groups -OCH3 is 2. The number of amides is 1. The number of hydrogen-bond donors (Lipinski definition) is 1. The molecule has 2 aromatic carbocycles. The highest BCUT2D eigenvalue weighted by molar-refractivity contribution is 6.46. The Morgan fingerprint density at radius 1 is 1.00 bits per heavy atom. The molecule has 8 heteroatoms. The van der Waals surface area contributed by atoms with E-state index in [1.807, 2.05) is 34.6 Å². The van der Waals surface area contributed by atoms with E-state index in [1.54, 1.807) is 44.6 Å². The Bertz CT molecular complexity index is 1190. The Morgan fingerprint density at radius 3 is 2.32 bits per heavy atom. The lowest BCUT2D eigenvalue weighted by molar-refractivity contribution is -0.140. The summed E-state index contributed by atoms with van der Waals surface area (Å²) in [6.45, 7) is 10.6. The summed E-state index contributed by atoms with van der Waals surface area (Å²) >= 11 is 0. The average Bonchev–Trinajstić information content (AvgIpc) is 3.12. The van der Waals surface area contributed by atoms with E-state index in [0.29, 0.717) is 48.0 Å². The van der Waals surface area contributed by atoms with Gasteiger partial charge in [0.25, 0.3) is 11.7 Å². The Hall–Kier alpha value is -3.52. The third kappa shape index (κ3) is 5.91. The van der Waals surface area contributed by atoms with Crippen LogP contribution in [-0.4, -0.2) is 61.8 Å². The molecule has 1 saturated heterocycles. The first kappa shape index (κ1) is 28.1. The van der Waals surface area contributed by atoms with Gasteiger partial charge in [-0.3, -0.25) is 9.59 Å². The van der Waals surface area contributed by atoms with Crippen LogP contribution in [0.2, 0.25) is 0 Å². The highest BCUT2D eigenvalue weighted by atomic mass is 16.5. The van der Waals surface area contributed by atoms with Crippen LogP contribution in [0.1, 0.15) is 55.5 Å². The number of ketones is 1. The number of aliphatic hydroxyl groups excluding tert-OH is 1. The highest BCUT2D eigenvalue weighted by Crippen LogP contribution is 2.43. The predicted octanol–water partition coefficient (Wildman–Crippen LogP) is 4.96. The topological polar surface area (TPSA) is 94.5 Å². The van der Waals surface area contributed by atoms with E-state index in [0.717, 1.165) is 11.1 Å². The van der Waals surface area contributed by atoms with E-state index in [-0.39, 0.29) is 24.0 Å². The number of aliphatic hydroxyl groups is 1. The molecule has 1 heterocycles. The molecule has 1 N–H and O–H groups in total. The molecule has 1 atom stereocenters. The molecule has 0 spiro atoms. The van der Waals surface area contributed by atoms with Crippen molar-refractivity contribution in [2.45, 2.75) is 53.2 Å². The average molecular weight is 512 g/mol. The van der Waals surface area contributed by atoms with Gasteiger partial charge >= 0.3 is 0 Å². The molecule has 200 valence electrons. The second kappa shape index (κ2) is 12.1. The SMILES string of the molecule is CCOc1cc(C2/C(=C(\O)c3cc(C)c(OC)cc3C)C(=O)C(=O)N2CCCOC(C)C)ccc1OC. The van der Waals surface area contributed by atoms with Gasteiger partial charge in [0.2, 0.25) is 0 Å². The smallest absolute Gasteiger partial charge is 0.295 e. The minimum Gasteiger partial charge on any atom is -0.507 e. The minimum atomic E-state index is -0.800. The van der Waals surface area contributed by atoms with Crippen LogP contribution in [-0.2, 0) is 14.3 Å². The van der Waals surface area contributed by atoms with Crippen molar-refractivity contribution in [3.8, 4) is 17.2 Å². The van der Waals surface area contributed by atoms with Gasteiger partial charge < -0.3 is 29.0 Å². The number of benzene rings is 2. The van der Waals surface area contributed by atoms with Gasteiger partial charge in [-0.15, -0.1) is 0 Å². The first-order valence-corrected chi connectivity index (χ1v) is 12.5. The van der Waals surface area contributed by atoms with E-state index in [2.05, 4.69) is 0 Å². The summed E-state index contributed by atoms with van der Waals surface area (Å²) in [7, 11) is 3.13. The maximum Gasteiger partial charge on any atom is 0.295 e. The van der Waals surface area contributed by atoms with Crippen molar-refractivity contribution >= 4 is 17.4 Å². The number of Topliss-reactive ketones (excluding diaryl/α,β-unsaturated/α-hetero) is 1. The molecule has 0 saturated carbocycles. The van der Waals surface area contributed by atoms with E-state index in [4.69, 9.17) is 18.9 Å². The number of likely N-dealkylation sites (tertiary alicyclic amines) is 1. The van der Waals surface area contributed by atoms with Gasteiger partial charge in [-0.2, -0.15) is 0 Å². The molecule has 2 aromatic rings. The van der Waals surface area contributed by atoms with E-state index < -0.39 is 17.7 Å². The van der Waals surface area contributed by atoms with Crippen molar-refractivity contribution in [1.82, 2.24) is 4.90 Å². The van der Waals surface area contributed by atoms with Gasteiger partial charge in [-0.1, -0.05) is 6.07 Å². The fourth-order valence-corrected chi connectivity index (χ4v) is 4.55. The maximum atomic E-state index is 13.4. The van der Waals surface area contributed by atoms with Crippen LogP contribution in [0.25, 0.3) is 5.76 Å². The number of hydrogen-bond acceptors (Lipinski definition) is 7. The summed E-state index contributed by atoms with van der Waals surface area (Å²) in [5, 5.41) is 11.5. The summed E-state index contributed by atoms with van der Waals surface area (Å²) in [5.41, 5.74) is 2.67. The quantitative estimate of drug-likeness (QED) is 0.197. The third-order valence-corrected chi connectivity index (χ3v) is 6.33. The van der Waals surface area contributed by atoms with E-state index in [9.17, 15) is 14.7 Å². The molecule has 0 radical (unpaired) electrons. The molecule has 37 heavy (non-hydrogen) atoms. The lowest BCUT2D eigenvalue weighted by atomic mass is 9.93. The van der Waals surface area contributed by atoms with Gasteiger partial charge in [0.05, 0.1) is 38.5 Å². The molecule has 1 amide bonds. The van der Waals surface area contributed by atoms with Gasteiger partial charge in [-0.25, -0.2) is 0 Å². The molecule has 0 bridgehead atoms. The van der Waals surface area contributed by atoms with Crippen molar-refractivity contribution in [3.05, 3.63) is 58.2 Å². The number of aryl methyl sites for hydroxylation is 2. The predicted molar refractivity (Wildman–Crippen MR) is 141 cm³/mol. The number of rotatable bonds is 11. The van der Waals surface area contributed by atoms with Gasteiger partial charge in [0.1, 0.15) is 11.5 Å². The van der Waals surface area contributed by atoms with Crippen LogP contribution in [0, 0.1) is 13.8 Å². The van der Waals surface area contributed by atoms with Crippen LogP contribution < -0.4 is 14.2 Å². The lowest BCUT2D eigenvalue weighted by Crippen LogP contribution is -2.31. The molecule has 1 aliphatic rings. The number of carbonyl (C=O) groups is 2. The second-order valence-corrected chi connectivity index (χ2v) is 9.25. The maximum absolute atomic E-state index is 13.4. The Balaban J connectivity index is 2.17. The van der Waals surface area contributed by atoms with Crippen LogP contribution in [0.4, 0.5) is 0 Å².